The maximum Gasteiger partial charge on any atom is 0.318 e. The van der Waals surface area contributed by atoms with Crippen molar-refractivity contribution in [1.82, 2.24) is 10.2 Å². The number of urea groups is 1. The lowest BCUT2D eigenvalue weighted by Gasteiger charge is -2.29. The minimum Gasteiger partial charge on any atom is -0.467 e. The van der Waals surface area contributed by atoms with Gasteiger partial charge in [0.1, 0.15) is 5.76 Å². The number of carbonyl (C=O) groups excluding carboxylic acids is 1. The van der Waals surface area contributed by atoms with Crippen LogP contribution < -0.4 is 5.32 Å². The van der Waals surface area contributed by atoms with Crippen molar-refractivity contribution in [2.24, 2.45) is 0 Å². The highest BCUT2D eigenvalue weighted by Crippen LogP contribution is 2.29. The number of aliphatic hydroxyl groups excluding tert-OH is 1. The van der Waals surface area contributed by atoms with Gasteiger partial charge in [0, 0.05) is 12.1 Å². The first-order valence-electron chi connectivity index (χ1n) is 7.50. The number of nitrogens with one attached hydrogen (secondary N) is 1. The molecule has 5 heteroatoms. The summed E-state index contributed by atoms with van der Waals surface area (Å²) in [4.78, 5) is 14.3. The molecule has 1 aromatic rings. The average Bonchev–Trinajstić information content (AvgIpc) is 3.15. The van der Waals surface area contributed by atoms with Crippen LogP contribution in [0.2, 0.25) is 0 Å². The summed E-state index contributed by atoms with van der Waals surface area (Å²) in [6.45, 7) is 0.541. The van der Waals surface area contributed by atoms with E-state index >= 15 is 0 Å². The van der Waals surface area contributed by atoms with Crippen LogP contribution in [0.1, 0.15) is 44.3 Å². The molecule has 0 atom stereocenters. The molecule has 0 bridgehead atoms. The van der Waals surface area contributed by atoms with E-state index in [1.54, 1.807) is 6.26 Å². The Hall–Kier alpha value is -1.49. The van der Waals surface area contributed by atoms with Gasteiger partial charge in [-0.15, -0.1) is 0 Å². The van der Waals surface area contributed by atoms with Gasteiger partial charge in [-0.2, -0.15) is 0 Å². The second-order valence-electron chi connectivity index (χ2n) is 5.89. The van der Waals surface area contributed by atoms with Gasteiger partial charge in [0.05, 0.1) is 18.9 Å². The molecule has 3 rings (SSSR count). The minimum absolute atomic E-state index is 0.00490. The van der Waals surface area contributed by atoms with Crippen molar-refractivity contribution in [2.75, 3.05) is 0 Å². The molecule has 1 heterocycles. The van der Waals surface area contributed by atoms with Gasteiger partial charge < -0.3 is 19.7 Å². The number of carbonyl (C=O) groups is 1. The van der Waals surface area contributed by atoms with E-state index in [4.69, 9.17) is 4.42 Å². The van der Waals surface area contributed by atoms with Crippen molar-refractivity contribution in [2.45, 2.75) is 63.3 Å². The highest BCUT2D eigenvalue weighted by Gasteiger charge is 2.34. The van der Waals surface area contributed by atoms with Gasteiger partial charge in [0.25, 0.3) is 0 Å². The first-order chi connectivity index (χ1) is 9.72. The third kappa shape index (κ3) is 3.33. The molecule has 2 fully saturated rings. The summed E-state index contributed by atoms with van der Waals surface area (Å²) in [5, 5.41) is 12.6. The Morgan fingerprint density at radius 2 is 2.05 bits per heavy atom. The fourth-order valence-electron chi connectivity index (χ4n) is 2.80. The van der Waals surface area contributed by atoms with Crippen molar-refractivity contribution in [3.63, 3.8) is 0 Å². The molecule has 2 N–H and O–H groups in total. The van der Waals surface area contributed by atoms with Crippen LogP contribution in [0.4, 0.5) is 4.79 Å². The predicted octanol–water partition coefficient (Wildman–Crippen LogP) is 2.26. The summed E-state index contributed by atoms with van der Waals surface area (Å²) >= 11 is 0. The molecular weight excluding hydrogens is 256 g/mol. The molecule has 0 aliphatic heterocycles. The SMILES string of the molecule is O=C(NC1CCC(O)CC1)N(Cc1ccco1)C1CC1. The van der Waals surface area contributed by atoms with Gasteiger partial charge in [-0.3, -0.25) is 0 Å². The lowest BCUT2D eigenvalue weighted by atomic mass is 9.93. The normalized spacial score (nSPS) is 26.2. The molecule has 20 heavy (non-hydrogen) atoms. The average molecular weight is 278 g/mol. The molecule has 0 saturated heterocycles. The second-order valence-corrected chi connectivity index (χ2v) is 5.89. The first-order valence-corrected chi connectivity index (χ1v) is 7.50. The van der Waals surface area contributed by atoms with E-state index in [2.05, 4.69) is 5.32 Å². The van der Waals surface area contributed by atoms with E-state index < -0.39 is 0 Å². The van der Waals surface area contributed by atoms with Crippen LogP contribution in [0.25, 0.3) is 0 Å². The van der Waals surface area contributed by atoms with Gasteiger partial charge in [-0.1, -0.05) is 0 Å². The summed E-state index contributed by atoms with van der Waals surface area (Å²) in [7, 11) is 0. The van der Waals surface area contributed by atoms with E-state index in [9.17, 15) is 9.90 Å². The molecule has 5 nitrogen and oxygen atoms in total. The maximum atomic E-state index is 12.4. The molecule has 2 aliphatic carbocycles. The number of hydrogen-bond donors (Lipinski definition) is 2. The molecular formula is C15H22N2O3. The van der Waals surface area contributed by atoms with E-state index in [1.807, 2.05) is 17.0 Å². The monoisotopic (exact) mass is 278 g/mol. The van der Waals surface area contributed by atoms with Gasteiger partial charge >= 0.3 is 6.03 Å². The van der Waals surface area contributed by atoms with Gasteiger partial charge in [0.15, 0.2) is 0 Å². The number of amides is 2. The zero-order valence-corrected chi connectivity index (χ0v) is 11.6. The number of nitrogens with zero attached hydrogens (tertiary/aromatic N) is 1. The topological polar surface area (TPSA) is 65.7 Å². The highest BCUT2D eigenvalue weighted by molar-refractivity contribution is 5.75. The molecule has 0 radical (unpaired) electrons. The van der Waals surface area contributed by atoms with Crippen LogP contribution in [-0.4, -0.2) is 34.2 Å². The van der Waals surface area contributed by atoms with Crippen LogP contribution in [0.15, 0.2) is 22.8 Å². The molecule has 0 unspecified atom stereocenters. The standard InChI is InChI=1S/C15H22N2O3/c18-13-7-3-11(4-8-13)16-15(19)17(12-5-6-12)10-14-2-1-9-20-14/h1-2,9,11-13,18H,3-8,10H2,(H,16,19). The van der Waals surface area contributed by atoms with Gasteiger partial charge in [-0.25, -0.2) is 4.79 Å². The third-order valence-corrected chi connectivity index (χ3v) is 4.18. The lowest BCUT2D eigenvalue weighted by molar-refractivity contribution is 0.114. The largest absolute Gasteiger partial charge is 0.467 e. The molecule has 0 aromatic carbocycles. The van der Waals surface area contributed by atoms with Crippen molar-refractivity contribution >= 4 is 6.03 Å². The Kier molecular flexibility index (Phi) is 3.96. The maximum absolute atomic E-state index is 12.4. The zero-order valence-electron chi connectivity index (χ0n) is 11.6. The zero-order chi connectivity index (χ0) is 13.9. The lowest BCUT2D eigenvalue weighted by Crippen LogP contribution is -2.46. The Morgan fingerprint density at radius 3 is 2.65 bits per heavy atom. The first kappa shape index (κ1) is 13.5. The molecule has 110 valence electrons. The predicted molar refractivity (Wildman–Crippen MR) is 74.1 cm³/mol. The van der Waals surface area contributed by atoms with Crippen LogP contribution >= 0.6 is 0 Å². The molecule has 2 aliphatic rings. The number of hydrogen-bond acceptors (Lipinski definition) is 3. The fraction of sp³-hybridized carbons (Fsp3) is 0.667. The third-order valence-electron chi connectivity index (χ3n) is 4.18. The van der Waals surface area contributed by atoms with Crippen molar-refractivity contribution < 1.29 is 14.3 Å². The Morgan fingerprint density at radius 1 is 1.30 bits per heavy atom. The van der Waals surface area contributed by atoms with E-state index in [0.717, 1.165) is 44.3 Å². The van der Waals surface area contributed by atoms with Crippen molar-refractivity contribution in [3.05, 3.63) is 24.2 Å². The molecule has 2 amide bonds. The van der Waals surface area contributed by atoms with E-state index in [1.165, 1.54) is 0 Å². The van der Waals surface area contributed by atoms with Crippen LogP contribution in [-0.2, 0) is 6.54 Å². The smallest absolute Gasteiger partial charge is 0.318 e. The van der Waals surface area contributed by atoms with Gasteiger partial charge in [0.2, 0.25) is 0 Å². The highest BCUT2D eigenvalue weighted by atomic mass is 16.3. The summed E-state index contributed by atoms with van der Waals surface area (Å²) in [6, 6.07) is 4.31. The number of aliphatic hydroxyl groups is 1. The van der Waals surface area contributed by atoms with Crippen molar-refractivity contribution in [1.29, 1.82) is 0 Å². The summed E-state index contributed by atoms with van der Waals surface area (Å²) in [5.41, 5.74) is 0. The van der Waals surface area contributed by atoms with E-state index in [0.29, 0.717) is 12.6 Å². The van der Waals surface area contributed by atoms with Crippen LogP contribution in [0.5, 0.6) is 0 Å². The Bertz CT molecular complexity index is 434. The Balaban J connectivity index is 1.55. The number of furan rings is 1. The minimum atomic E-state index is -0.189. The van der Waals surface area contributed by atoms with Crippen LogP contribution in [0, 0.1) is 0 Å². The van der Waals surface area contributed by atoms with E-state index in [-0.39, 0.29) is 18.2 Å². The van der Waals surface area contributed by atoms with Crippen LogP contribution in [0.3, 0.4) is 0 Å². The summed E-state index contributed by atoms with van der Waals surface area (Å²) < 4.78 is 5.34. The number of rotatable bonds is 4. The van der Waals surface area contributed by atoms with Crippen molar-refractivity contribution in [3.8, 4) is 0 Å². The molecule has 2 saturated carbocycles. The molecule has 1 aromatic heterocycles. The van der Waals surface area contributed by atoms with Gasteiger partial charge in [-0.05, 0) is 50.7 Å². The second kappa shape index (κ2) is 5.87. The quantitative estimate of drug-likeness (QED) is 0.888. The summed E-state index contributed by atoms with van der Waals surface area (Å²) in [5.74, 6) is 0.825. The Labute approximate surface area is 118 Å². The molecule has 0 spiro atoms. The fourth-order valence-corrected chi connectivity index (χ4v) is 2.80. The summed E-state index contributed by atoms with van der Waals surface area (Å²) in [6.07, 6.45) is 6.92.